The number of fused-ring (bicyclic) bond motifs is 2. The molecule has 1 heterocycles. The number of aryl methyl sites for hydroxylation is 1. The zero-order valence-electron chi connectivity index (χ0n) is 17.1. The summed E-state index contributed by atoms with van der Waals surface area (Å²) in [5, 5.41) is 0. The predicted octanol–water partition coefficient (Wildman–Crippen LogP) is 5.54. The van der Waals surface area contributed by atoms with Gasteiger partial charge in [-0.3, -0.25) is 4.99 Å². The Labute approximate surface area is 153 Å². The van der Waals surface area contributed by atoms with E-state index >= 15 is 0 Å². The molecule has 1 aromatic carbocycles. The molecule has 1 aromatic rings. The predicted molar refractivity (Wildman–Crippen MR) is 106 cm³/mol. The van der Waals surface area contributed by atoms with Crippen LogP contribution in [-0.4, -0.2) is 23.9 Å². The summed E-state index contributed by atoms with van der Waals surface area (Å²) in [5.41, 5.74) is 4.21. The number of aliphatic imine (C=N–C) groups is 1. The Kier molecular flexibility index (Phi) is 4.41. The van der Waals surface area contributed by atoms with Gasteiger partial charge < -0.3 is 9.64 Å². The molecule has 3 heteroatoms. The van der Waals surface area contributed by atoms with Crippen LogP contribution in [0.3, 0.4) is 0 Å². The molecule has 3 nitrogen and oxygen atoms in total. The van der Waals surface area contributed by atoms with Crippen molar-refractivity contribution in [3.05, 3.63) is 28.8 Å². The van der Waals surface area contributed by atoms with E-state index < -0.39 is 0 Å². The van der Waals surface area contributed by atoms with Gasteiger partial charge in [0.1, 0.15) is 5.75 Å². The lowest BCUT2D eigenvalue weighted by Gasteiger charge is -2.46. The van der Waals surface area contributed by atoms with E-state index in [0.29, 0.717) is 0 Å². The lowest BCUT2D eigenvalue weighted by atomic mass is 9.76. The van der Waals surface area contributed by atoms with E-state index in [2.05, 4.69) is 64.9 Å². The molecule has 3 rings (SSSR count). The highest BCUT2D eigenvalue weighted by molar-refractivity contribution is 5.66. The number of hydrogen-bond acceptors (Lipinski definition) is 2. The van der Waals surface area contributed by atoms with Crippen LogP contribution in [0.2, 0.25) is 0 Å². The average molecular weight is 343 g/mol. The van der Waals surface area contributed by atoms with Crippen molar-refractivity contribution >= 4 is 6.34 Å². The molecule has 0 unspecified atom stereocenters. The van der Waals surface area contributed by atoms with Crippen molar-refractivity contribution in [1.29, 1.82) is 0 Å². The maximum absolute atomic E-state index is 5.62. The fourth-order valence-corrected chi connectivity index (χ4v) is 4.97. The van der Waals surface area contributed by atoms with Crippen molar-refractivity contribution in [2.75, 3.05) is 7.11 Å². The minimum absolute atomic E-state index is 0.0578. The smallest absolute Gasteiger partial charge is 0.119 e. The van der Waals surface area contributed by atoms with E-state index in [1.807, 2.05) is 0 Å². The Morgan fingerprint density at radius 3 is 2.32 bits per heavy atom. The van der Waals surface area contributed by atoms with Crippen LogP contribution in [0.1, 0.15) is 83.4 Å². The fraction of sp³-hybridized carbons (Fsp3) is 0.682. The Hall–Kier alpha value is -1.51. The molecular weight excluding hydrogens is 308 g/mol. The maximum atomic E-state index is 5.62. The van der Waals surface area contributed by atoms with Crippen LogP contribution in [0.25, 0.3) is 0 Å². The SMILES string of the molecule is COc1cc(C)c2c(c1)C1(CCCCC1)N(C=NC(C)(C)C)C2(C)C. The van der Waals surface area contributed by atoms with Gasteiger partial charge in [-0.25, -0.2) is 0 Å². The van der Waals surface area contributed by atoms with Gasteiger partial charge in [0.2, 0.25) is 0 Å². The van der Waals surface area contributed by atoms with Gasteiger partial charge >= 0.3 is 0 Å². The Bertz CT molecular complexity index is 676. The summed E-state index contributed by atoms with van der Waals surface area (Å²) in [6, 6.07) is 4.47. The topological polar surface area (TPSA) is 24.8 Å². The molecule has 0 saturated heterocycles. The largest absolute Gasteiger partial charge is 0.497 e. The first-order valence-electron chi connectivity index (χ1n) is 9.66. The third-order valence-corrected chi connectivity index (χ3v) is 5.96. The second kappa shape index (κ2) is 6.03. The van der Waals surface area contributed by atoms with Crippen molar-refractivity contribution < 1.29 is 4.74 Å². The summed E-state index contributed by atoms with van der Waals surface area (Å²) < 4.78 is 5.62. The molecule has 0 N–H and O–H groups in total. The number of ether oxygens (including phenoxy) is 1. The number of nitrogens with zero attached hydrogens (tertiary/aromatic N) is 2. The van der Waals surface area contributed by atoms with Crippen LogP contribution in [0.15, 0.2) is 17.1 Å². The number of hydrogen-bond donors (Lipinski definition) is 0. The molecular formula is C22H34N2O. The van der Waals surface area contributed by atoms with Crippen LogP contribution >= 0.6 is 0 Å². The Morgan fingerprint density at radius 1 is 1.12 bits per heavy atom. The van der Waals surface area contributed by atoms with E-state index in [1.165, 1.54) is 48.8 Å². The van der Waals surface area contributed by atoms with Gasteiger partial charge in [-0.1, -0.05) is 19.3 Å². The highest BCUT2D eigenvalue weighted by atomic mass is 16.5. The normalized spacial score (nSPS) is 21.8. The zero-order valence-corrected chi connectivity index (χ0v) is 17.1. The average Bonchev–Trinajstić information content (AvgIpc) is 2.70. The lowest BCUT2D eigenvalue weighted by molar-refractivity contribution is 0.0678. The molecule has 0 radical (unpaired) electrons. The molecule has 1 saturated carbocycles. The monoisotopic (exact) mass is 342 g/mol. The van der Waals surface area contributed by atoms with Crippen molar-refractivity contribution in [3.8, 4) is 5.75 Å². The van der Waals surface area contributed by atoms with Crippen molar-refractivity contribution in [3.63, 3.8) is 0 Å². The van der Waals surface area contributed by atoms with Gasteiger partial charge in [-0.05, 0) is 83.2 Å². The van der Waals surface area contributed by atoms with Crippen LogP contribution in [0, 0.1) is 6.92 Å². The molecule has 1 fully saturated rings. The third-order valence-electron chi connectivity index (χ3n) is 5.96. The minimum Gasteiger partial charge on any atom is -0.497 e. The molecule has 1 spiro atoms. The fourth-order valence-electron chi connectivity index (χ4n) is 4.97. The van der Waals surface area contributed by atoms with Gasteiger partial charge in [-0.15, -0.1) is 0 Å². The maximum Gasteiger partial charge on any atom is 0.119 e. The van der Waals surface area contributed by atoms with Crippen molar-refractivity contribution in [1.82, 2.24) is 4.90 Å². The molecule has 2 aliphatic rings. The summed E-state index contributed by atoms with van der Waals surface area (Å²) in [6.07, 6.45) is 8.46. The van der Waals surface area contributed by atoms with Gasteiger partial charge in [0.05, 0.1) is 30.1 Å². The summed E-state index contributed by atoms with van der Waals surface area (Å²) in [7, 11) is 1.77. The third kappa shape index (κ3) is 2.96. The van der Waals surface area contributed by atoms with E-state index in [1.54, 1.807) is 7.11 Å². The summed E-state index contributed by atoms with van der Waals surface area (Å²) in [5.74, 6) is 0.978. The molecule has 0 bridgehead atoms. The molecule has 0 atom stereocenters. The van der Waals surface area contributed by atoms with E-state index in [9.17, 15) is 0 Å². The first kappa shape index (κ1) is 18.3. The lowest BCUT2D eigenvalue weighted by Crippen LogP contribution is -2.49. The molecule has 1 aliphatic carbocycles. The van der Waals surface area contributed by atoms with Crippen molar-refractivity contribution in [2.24, 2.45) is 4.99 Å². The molecule has 25 heavy (non-hydrogen) atoms. The van der Waals surface area contributed by atoms with Crippen LogP contribution in [0.5, 0.6) is 5.75 Å². The van der Waals surface area contributed by atoms with Gasteiger partial charge in [0.15, 0.2) is 0 Å². The van der Waals surface area contributed by atoms with E-state index in [-0.39, 0.29) is 16.6 Å². The van der Waals surface area contributed by atoms with E-state index in [0.717, 1.165) is 5.75 Å². The second-order valence-corrected chi connectivity index (χ2v) is 9.30. The summed E-state index contributed by atoms with van der Waals surface area (Å²) >= 11 is 0. The van der Waals surface area contributed by atoms with Crippen molar-refractivity contribution in [2.45, 2.75) is 90.3 Å². The minimum atomic E-state index is -0.0621. The molecule has 138 valence electrons. The molecule has 0 aromatic heterocycles. The van der Waals surface area contributed by atoms with Crippen LogP contribution < -0.4 is 4.74 Å². The Morgan fingerprint density at radius 2 is 1.76 bits per heavy atom. The first-order chi connectivity index (χ1) is 11.6. The standard InChI is InChI=1S/C22H34N2O/c1-16-13-17(25-7)14-18-19(16)21(5,6)24(15-23-20(2,3)4)22(18)11-9-8-10-12-22/h13-15H,8-12H2,1-7H3. The highest BCUT2D eigenvalue weighted by Gasteiger charge is 2.54. The van der Waals surface area contributed by atoms with Gasteiger partial charge in [0, 0.05) is 0 Å². The molecule has 1 aliphatic heterocycles. The quantitative estimate of drug-likeness (QED) is 0.520. The van der Waals surface area contributed by atoms with Crippen LogP contribution in [0.4, 0.5) is 0 Å². The number of methoxy groups -OCH3 is 1. The molecule has 0 amide bonds. The summed E-state index contributed by atoms with van der Waals surface area (Å²) in [4.78, 5) is 7.48. The van der Waals surface area contributed by atoms with Gasteiger partial charge in [0.25, 0.3) is 0 Å². The van der Waals surface area contributed by atoms with Crippen LogP contribution in [-0.2, 0) is 11.1 Å². The summed E-state index contributed by atoms with van der Waals surface area (Å²) in [6.45, 7) is 13.4. The number of rotatable bonds is 2. The number of benzene rings is 1. The second-order valence-electron chi connectivity index (χ2n) is 9.30. The van der Waals surface area contributed by atoms with Gasteiger partial charge in [-0.2, -0.15) is 0 Å². The highest BCUT2D eigenvalue weighted by Crippen LogP contribution is 2.56. The zero-order chi connectivity index (χ0) is 18.5. The first-order valence-corrected chi connectivity index (χ1v) is 9.66. The Balaban J connectivity index is 2.21. The van der Waals surface area contributed by atoms with E-state index in [4.69, 9.17) is 9.73 Å².